The number of hydrogen-bond donors (Lipinski definition) is 1. The number of nitrogens with one attached hydrogen (secondary N) is 1. The van der Waals surface area contributed by atoms with E-state index >= 15 is 0 Å². The molecule has 5 rings (SSSR count). The van der Waals surface area contributed by atoms with E-state index in [1.54, 1.807) is 17.1 Å². The van der Waals surface area contributed by atoms with Gasteiger partial charge in [-0.2, -0.15) is 15.1 Å². The summed E-state index contributed by atoms with van der Waals surface area (Å²) in [7, 11) is 0. The van der Waals surface area contributed by atoms with Crippen molar-refractivity contribution in [3.8, 4) is 0 Å². The molecule has 0 radical (unpaired) electrons. The van der Waals surface area contributed by atoms with Gasteiger partial charge in [0.25, 0.3) is 0 Å². The molecule has 10 heteroatoms. The Morgan fingerprint density at radius 1 is 1.17 bits per heavy atom. The number of morpholine rings is 1. The largest absolute Gasteiger partial charge is 0.378 e. The van der Waals surface area contributed by atoms with Gasteiger partial charge in [0, 0.05) is 18.7 Å². The standard InChI is InChI=1S/C25H24FN7O2/c1-17-3-2-4-18(13-17)14-28-31-23-22-24(30-25(29-23)32-9-11-35-12-10-32)33(16-27-22)15-21(34)19-5-7-20(26)8-6-19/h2-8,13-14,16H,9-12,15H2,1H3,(H,29,30,31)/b28-14+. The molecule has 4 aromatic rings. The van der Waals surface area contributed by atoms with Crippen molar-refractivity contribution in [1.29, 1.82) is 0 Å². The summed E-state index contributed by atoms with van der Waals surface area (Å²) in [6.45, 7) is 4.50. The average molecular weight is 474 g/mol. The number of benzene rings is 2. The van der Waals surface area contributed by atoms with Crippen molar-refractivity contribution >= 4 is 34.9 Å². The number of rotatable bonds is 7. The van der Waals surface area contributed by atoms with Crippen molar-refractivity contribution in [3.05, 3.63) is 77.4 Å². The summed E-state index contributed by atoms with van der Waals surface area (Å²) in [5, 5.41) is 4.36. The third-order valence-corrected chi connectivity index (χ3v) is 5.65. The van der Waals surface area contributed by atoms with Gasteiger partial charge in [0.2, 0.25) is 5.95 Å². The van der Waals surface area contributed by atoms with E-state index in [1.165, 1.54) is 24.3 Å². The Kier molecular flexibility index (Phi) is 6.44. The van der Waals surface area contributed by atoms with Crippen LogP contribution in [0.3, 0.4) is 0 Å². The molecule has 1 fully saturated rings. The number of carbonyl (C=O) groups excluding carboxylic acids is 1. The maximum absolute atomic E-state index is 13.3. The molecule has 2 aromatic carbocycles. The van der Waals surface area contributed by atoms with Crippen LogP contribution in [0.2, 0.25) is 0 Å². The van der Waals surface area contributed by atoms with Crippen molar-refractivity contribution in [2.75, 3.05) is 36.6 Å². The van der Waals surface area contributed by atoms with Crippen LogP contribution in [0, 0.1) is 12.7 Å². The summed E-state index contributed by atoms with van der Waals surface area (Å²) in [5.41, 5.74) is 6.50. The lowest BCUT2D eigenvalue weighted by Crippen LogP contribution is -2.37. The summed E-state index contributed by atoms with van der Waals surface area (Å²) in [6, 6.07) is 13.5. The van der Waals surface area contributed by atoms with Gasteiger partial charge in [0.1, 0.15) is 5.82 Å². The van der Waals surface area contributed by atoms with Crippen LogP contribution in [0.1, 0.15) is 21.5 Å². The number of hydrogen-bond acceptors (Lipinski definition) is 8. The fourth-order valence-electron chi connectivity index (χ4n) is 3.83. The molecule has 0 bridgehead atoms. The Balaban J connectivity index is 1.47. The van der Waals surface area contributed by atoms with Gasteiger partial charge in [-0.1, -0.05) is 29.8 Å². The smallest absolute Gasteiger partial charge is 0.229 e. The molecule has 9 nitrogen and oxygen atoms in total. The molecule has 3 heterocycles. The van der Waals surface area contributed by atoms with Crippen LogP contribution in [0.15, 0.2) is 60.0 Å². The third kappa shape index (κ3) is 5.17. The van der Waals surface area contributed by atoms with Crippen molar-refractivity contribution in [2.24, 2.45) is 5.10 Å². The van der Waals surface area contributed by atoms with E-state index in [2.05, 4.69) is 20.5 Å². The van der Waals surface area contributed by atoms with Gasteiger partial charge in [-0.25, -0.2) is 9.37 Å². The third-order valence-electron chi connectivity index (χ3n) is 5.65. The van der Waals surface area contributed by atoms with Gasteiger partial charge in [-0.05, 0) is 36.8 Å². The minimum absolute atomic E-state index is 0.00764. The maximum atomic E-state index is 13.3. The normalized spacial score (nSPS) is 14.1. The summed E-state index contributed by atoms with van der Waals surface area (Å²) >= 11 is 0. The first-order chi connectivity index (χ1) is 17.1. The first-order valence-electron chi connectivity index (χ1n) is 11.3. The number of anilines is 2. The number of ketones is 1. The molecule has 2 aromatic heterocycles. The molecule has 0 amide bonds. The van der Waals surface area contributed by atoms with Crippen LogP contribution in [-0.2, 0) is 11.3 Å². The van der Waals surface area contributed by atoms with Crippen molar-refractivity contribution in [2.45, 2.75) is 13.5 Å². The first kappa shape index (κ1) is 22.6. The molecule has 0 unspecified atom stereocenters. The minimum Gasteiger partial charge on any atom is -0.378 e. The van der Waals surface area contributed by atoms with Crippen LogP contribution >= 0.6 is 0 Å². The van der Waals surface area contributed by atoms with Crippen LogP contribution in [-0.4, -0.2) is 57.8 Å². The van der Waals surface area contributed by atoms with Crippen LogP contribution < -0.4 is 10.3 Å². The Morgan fingerprint density at radius 2 is 1.97 bits per heavy atom. The predicted molar refractivity (Wildman–Crippen MR) is 131 cm³/mol. The second-order valence-corrected chi connectivity index (χ2v) is 8.23. The SMILES string of the molecule is Cc1cccc(/C=N/Nc2nc(N3CCOCC3)nc3c2ncn3CC(=O)c2ccc(F)cc2)c1. The number of Topliss-reactive ketones (excluding diaryl/α,β-unsaturated/α-hetero) is 1. The predicted octanol–water partition coefficient (Wildman–Crippen LogP) is 3.44. The minimum atomic E-state index is -0.389. The molecule has 0 spiro atoms. The molecule has 0 saturated carbocycles. The zero-order valence-corrected chi connectivity index (χ0v) is 19.2. The van der Waals surface area contributed by atoms with E-state index in [9.17, 15) is 9.18 Å². The van der Waals surface area contributed by atoms with Crippen molar-refractivity contribution < 1.29 is 13.9 Å². The second kappa shape index (κ2) is 9.98. The van der Waals surface area contributed by atoms with Gasteiger partial charge in [0.05, 0.1) is 32.3 Å². The number of imidazole rings is 1. The van der Waals surface area contributed by atoms with Gasteiger partial charge < -0.3 is 14.2 Å². The molecule has 1 N–H and O–H groups in total. The van der Waals surface area contributed by atoms with E-state index in [4.69, 9.17) is 9.72 Å². The highest BCUT2D eigenvalue weighted by Crippen LogP contribution is 2.24. The number of nitrogens with zero attached hydrogens (tertiary/aromatic N) is 6. The van der Waals surface area contributed by atoms with E-state index in [1.807, 2.05) is 36.1 Å². The highest BCUT2D eigenvalue weighted by Gasteiger charge is 2.20. The van der Waals surface area contributed by atoms with Gasteiger partial charge in [0.15, 0.2) is 22.8 Å². The van der Waals surface area contributed by atoms with Gasteiger partial charge >= 0.3 is 0 Å². The average Bonchev–Trinajstić information content (AvgIpc) is 3.27. The fourth-order valence-corrected chi connectivity index (χ4v) is 3.83. The molecule has 1 saturated heterocycles. The molecule has 0 aliphatic carbocycles. The topological polar surface area (TPSA) is 97.5 Å². The number of aromatic nitrogens is 4. The number of carbonyl (C=O) groups is 1. The van der Waals surface area contributed by atoms with Crippen molar-refractivity contribution in [3.63, 3.8) is 0 Å². The fraction of sp³-hybridized carbons (Fsp3) is 0.240. The monoisotopic (exact) mass is 473 g/mol. The molecule has 1 aliphatic rings. The zero-order valence-electron chi connectivity index (χ0n) is 19.2. The highest BCUT2D eigenvalue weighted by atomic mass is 19.1. The summed E-state index contributed by atoms with van der Waals surface area (Å²) in [6.07, 6.45) is 3.27. The first-order valence-corrected chi connectivity index (χ1v) is 11.3. The summed E-state index contributed by atoms with van der Waals surface area (Å²) in [4.78, 5) is 28.7. The van der Waals surface area contributed by atoms with E-state index in [-0.39, 0.29) is 18.1 Å². The van der Waals surface area contributed by atoms with Gasteiger partial charge in [-0.3, -0.25) is 10.2 Å². The van der Waals surface area contributed by atoms with Crippen LogP contribution in [0.25, 0.3) is 11.2 Å². The Morgan fingerprint density at radius 3 is 2.74 bits per heavy atom. The number of ether oxygens (including phenoxy) is 1. The van der Waals surface area contributed by atoms with Crippen molar-refractivity contribution in [1.82, 2.24) is 19.5 Å². The summed E-state index contributed by atoms with van der Waals surface area (Å²) in [5.74, 6) is 0.376. The van der Waals surface area contributed by atoms with E-state index in [0.717, 1.165) is 11.1 Å². The molecule has 35 heavy (non-hydrogen) atoms. The number of fused-ring (bicyclic) bond motifs is 1. The second-order valence-electron chi connectivity index (χ2n) is 8.23. The molecule has 0 atom stereocenters. The lowest BCUT2D eigenvalue weighted by molar-refractivity contribution is 0.0973. The maximum Gasteiger partial charge on any atom is 0.229 e. The van der Waals surface area contributed by atoms with Crippen LogP contribution in [0.5, 0.6) is 0 Å². The lowest BCUT2D eigenvalue weighted by atomic mass is 10.1. The summed E-state index contributed by atoms with van der Waals surface area (Å²) < 4.78 is 20.4. The zero-order chi connectivity index (χ0) is 24.2. The van der Waals surface area contributed by atoms with Crippen LogP contribution in [0.4, 0.5) is 16.2 Å². The number of halogens is 1. The molecular weight excluding hydrogens is 449 g/mol. The molecule has 1 aliphatic heterocycles. The Hall–Kier alpha value is -4.18. The molecule has 178 valence electrons. The van der Waals surface area contributed by atoms with E-state index < -0.39 is 0 Å². The highest BCUT2D eigenvalue weighted by molar-refractivity contribution is 5.97. The molecular formula is C25H24FN7O2. The Bertz CT molecular complexity index is 1380. The Labute approximate surface area is 201 Å². The van der Waals surface area contributed by atoms with Gasteiger partial charge in [-0.15, -0.1) is 0 Å². The number of aryl methyl sites for hydroxylation is 1. The lowest BCUT2D eigenvalue weighted by Gasteiger charge is -2.27. The van der Waals surface area contributed by atoms with E-state index in [0.29, 0.717) is 54.8 Å². The number of hydrazone groups is 1. The quantitative estimate of drug-likeness (QED) is 0.249.